The van der Waals surface area contributed by atoms with Crippen LogP contribution in [0.4, 0.5) is 0 Å². The monoisotopic (exact) mass is 236 g/mol. The summed E-state index contributed by atoms with van der Waals surface area (Å²) in [6.07, 6.45) is 7.55. The van der Waals surface area contributed by atoms with E-state index in [0.29, 0.717) is 5.41 Å². The first-order valence-corrected chi connectivity index (χ1v) is 6.49. The van der Waals surface area contributed by atoms with Gasteiger partial charge >= 0.3 is 0 Å². The van der Waals surface area contributed by atoms with Crippen LogP contribution in [0.5, 0.6) is 0 Å². The minimum absolute atomic E-state index is 0.246. The lowest BCUT2D eigenvalue weighted by Gasteiger charge is -2.42. The van der Waals surface area contributed by atoms with Crippen molar-refractivity contribution in [3.63, 3.8) is 0 Å². The summed E-state index contributed by atoms with van der Waals surface area (Å²) >= 11 is 0. The van der Waals surface area contributed by atoms with Crippen LogP contribution in [0.3, 0.4) is 0 Å². The van der Waals surface area contributed by atoms with E-state index in [-0.39, 0.29) is 5.41 Å². The minimum Gasteiger partial charge on any atom is -0.330 e. The van der Waals surface area contributed by atoms with Crippen molar-refractivity contribution in [1.82, 2.24) is 14.8 Å². The van der Waals surface area contributed by atoms with Gasteiger partial charge in [-0.1, -0.05) is 13.8 Å². The molecular weight excluding hydrogens is 212 g/mol. The van der Waals surface area contributed by atoms with Gasteiger partial charge in [-0.15, -0.1) is 0 Å². The molecule has 4 heteroatoms. The highest BCUT2D eigenvalue weighted by Crippen LogP contribution is 2.45. The molecule has 1 heterocycles. The van der Waals surface area contributed by atoms with Crippen LogP contribution in [0.25, 0.3) is 0 Å². The Kier molecular flexibility index (Phi) is 3.25. The van der Waals surface area contributed by atoms with Gasteiger partial charge < -0.3 is 5.73 Å². The summed E-state index contributed by atoms with van der Waals surface area (Å²) in [5, 5.41) is 4.14. The maximum atomic E-state index is 6.04. The van der Waals surface area contributed by atoms with Gasteiger partial charge in [0.2, 0.25) is 0 Å². The van der Waals surface area contributed by atoms with Crippen LogP contribution >= 0.6 is 0 Å². The summed E-state index contributed by atoms with van der Waals surface area (Å²) in [4.78, 5) is 4.34. The molecule has 17 heavy (non-hydrogen) atoms. The lowest BCUT2D eigenvalue weighted by Crippen LogP contribution is -2.39. The van der Waals surface area contributed by atoms with Gasteiger partial charge in [0, 0.05) is 13.5 Å². The molecule has 96 valence electrons. The second-order valence-corrected chi connectivity index (χ2v) is 6.34. The molecule has 0 bridgehead atoms. The molecule has 1 aliphatic carbocycles. The number of rotatable bonds is 3. The Labute approximate surface area is 104 Å². The van der Waals surface area contributed by atoms with E-state index in [1.54, 1.807) is 6.33 Å². The van der Waals surface area contributed by atoms with Crippen LogP contribution in [-0.2, 0) is 13.5 Å². The van der Waals surface area contributed by atoms with Gasteiger partial charge in [-0.2, -0.15) is 5.10 Å². The fourth-order valence-corrected chi connectivity index (χ4v) is 2.73. The summed E-state index contributed by atoms with van der Waals surface area (Å²) in [6, 6.07) is 0. The molecule has 1 saturated carbocycles. The minimum atomic E-state index is 0.246. The fraction of sp³-hybridized carbons (Fsp3) is 0.846. The van der Waals surface area contributed by atoms with E-state index in [1.165, 1.54) is 25.7 Å². The third-order valence-electron chi connectivity index (χ3n) is 4.44. The number of nitrogens with two attached hydrogens (primary N) is 1. The Morgan fingerprint density at radius 3 is 2.41 bits per heavy atom. The average Bonchev–Trinajstić information content (AvgIpc) is 2.68. The topological polar surface area (TPSA) is 56.7 Å². The number of hydrogen-bond donors (Lipinski definition) is 1. The number of aryl methyl sites for hydroxylation is 1. The van der Waals surface area contributed by atoms with Gasteiger partial charge in [0.05, 0.1) is 0 Å². The van der Waals surface area contributed by atoms with E-state index in [9.17, 15) is 0 Å². The van der Waals surface area contributed by atoms with Gasteiger partial charge in [-0.05, 0) is 43.1 Å². The van der Waals surface area contributed by atoms with Gasteiger partial charge in [0.25, 0.3) is 0 Å². The van der Waals surface area contributed by atoms with Crippen LogP contribution in [-0.4, -0.2) is 21.3 Å². The first kappa shape index (κ1) is 12.6. The average molecular weight is 236 g/mol. The van der Waals surface area contributed by atoms with Crippen molar-refractivity contribution in [3.8, 4) is 0 Å². The van der Waals surface area contributed by atoms with Crippen LogP contribution in [0.1, 0.15) is 45.4 Å². The largest absolute Gasteiger partial charge is 0.330 e. The van der Waals surface area contributed by atoms with Crippen LogP contribution in [0.15, 0.2) is 6.33 Å². The SMILES string of the molecule is Cn1ncnc1CC1(CN)CCC(C)(C)CC1. The predicted molar refractivity (Wildman–Crippen MR) is 68.4 cm³/mol. The molecule has 0 unspecified atom stereocenters. The van der Waals surface area contributed by atoms with Crippen molar-refractivity contribution >= 4 is 0 Å². The Morgan fingerprint density at radius 2 is 1.94 bits per heavy atom. The molecule has 0 spiro atoms. The smallest absolute Gasteiger partial charge is 0.138 e. The molecule has 0 atom stereocenters. The Hall–Kier alpha value is -0.900. The molecule has 0 amide bonds. The van der Waals surface area contributed by atoms with Crippen molar-refractivity contribution in [1.29, 1.82) is 0 Å². The fourth-order valence-electron chi connectivity index (χ4n) is 2.73. The predicted octanol–water partition coefficient (Wildman–Crippen LogP) is 1.90. The van der Waals surface area contributed by atoms with Gasteiger partial charge in [-0.3, -0.25) is 4.68 Å². The van der Waals surface area contributed by atoms with E-state index in [4.69, 9.17) is 5.73 Å². The summed E-state index contributed by atoms with van der Waals surface area (Å²) in [5.74, 6) is 1.06. The van der Waals surface area contributed by atoms with Crippen molar-refractivity contribution < 1.29 is 0 Å². The van der Waals surface area contributed by atoms with E-state index in [1.807, 2.05) is 11.7 Å². The van der Waals surface area contributed by atoms with Crippen molar-refractivity contribution in [2.75, 3.05) is 6.54 Å². The highest BCUT2D eigenvalue weighted by atomic mass is 15.3. The van der Waals surface area contributed by atoms with Crippen molar-refractivity contribution in [2.45, 2.75) is 46.0 Å². The highest BCUT2D eigenvalue weighted by molar-refractivity contribution is 4.98. The third-order valence-corrected chi connectivity index (χ3v) is 4.44. The maximum absolute atomic E-state index is 6.04. The standard InChI is InChI=1S/C13H24N4/c1-12(2)4-6-13(9-14,7-5-12)8-11-15-10-16-17(11)3/h10H,4-9,14H2,1-3H3. The van der Waals surface area contributed by atoms with Gasteiger partial charge in [-0.25, -0.2) is 4.98 Å². The molecule has 1 aromatic rings. The summed E-state index contributed by atoms with van der Waals surface area (Å²) in [5.41, 5.74) is 6.77. The van der Waals surface area contributed by atoms with E-state index in [0.717, 1.165) is 18.8 Å². The molecule has 2 N–H and O–H groups in total. The Bertz CT molecular complexity index is 371. The first-order chi connectivity index (χ1) is 7.96. The maximum Gasteiger partial charge on any atom is 0.138 e. The molecule has 1 fully saturated rings. The molecule has 0 radical (unpaired) electrons. The lowest BCUT2D eigenvalue weighted by atomic mass is 9.64. The third kappa shape index (κ3) is 2.68. The summed E-state index contributed by atoms with van der Waals surface area (Å²) in [6.45, 7) is 5.47. The zero-order valence-corrected chi connectivity index (χ0v) is 11.2. The van der Waals surface area contributed by atoms with Crippen LogP contribution in [0, 0.1) is 10.8 Å². The quantitative estimate of drug-likeness (QED) is 0.872. The summed E-state index contributed by atoms with van der Waals surface area (Å²) in [7, 11) is 1.96. The van der Waals surface area contributed by atoms with E-state index < -0.39 is 0 Å². The molecule has 1 aliphatic rings. The van der Waals surface area contributed by atoms with Gasteiger partial charge in [0.1, 0.15) is 12.2 Å². The van der Waals surface area contributed by atoms with Crippen LogP contribution in [0.2, 0.25) is 0 Å². The molecule has 1 aromatic heterocycles. The molecule has 0 saturated heterocycles. The normalized spacial score (nSPS) is 22.6. The number of hydrogen-bond acceptors (Lipinski definition) is 3. The molecular formula is C13H24N4. The molecule has 4 nitrogen and oxygen atoms in total. The Morgan fingerprint density at radius 1 is 1.29 bits per heavy atom. The second-order valence-electron chi connectivity index (χ2n) is 6.34. The van der Waals surface area contributed by atoms with Crippen LogP contribution < -0.4 is 5.73 Å². The first-order valence-electron chi connectivity index (χ1n) is 6.49. The second kappa shape index (κ2) is 4.41. The van der Waals surface area contributed by atoms with E-state index >= 15 is 0 Å². The zero-order chi connectivity index (χ0) is 12.5. The lowest BCUT2D eigenvalue weighted by molar-refractivity contribution is 0.105. The van der Waals surface area contributed by atoms with Crippen molar-refractivity contribution in [2.24, 2.45) is 23.6 Å². The van der Waals surface area contributed by atoms with Crippen molar-refractivity contribution in [3.05, 3.63) is 12.2 Å². The Balaban J connectivity index is 2.09. The van der Waals surface area contributed by atoms with E-state index in [2.05, 4.69) is 23.9 Å². The molecule has 2 rings (SSSR count). The molecule has 0 aromatic carbocycles. The number of nitrogens with zero attached hydrogens (tertiary/aromatic N) is 3. The molecule has 0 aliphatic heterocycles. The highest BCUT2D eigenvalue weighted by Gasteiger charge is 2.38. The van der Waals surface area contributed by atoms with Gasteiger partial charge in [0.15, 0.2) is 0 Å². The number of aromatic nitrogens is 3. The zero-order valence-electron chi connectivity index (χ0n) is 11.2. The summed E-state index contributed by atoms with van der Waals surface area (Å²) < 4.78 is 1.87.